The molecule has 0 aliphatic carbocycles. The zero-order chi connectivity index (χ0) is 10.6. The monoisotopic (exact) mass is 218 g/mol. The van der Waals surface area contributed by atoms with Gasteiger partial charge in [0.1, 0.15) is 0 Å². The first-order chi connectivity index (χ1) is 6.69. The van der Waals surface area contributed by atoms with Crippen LogP contribution in [-0.4, -0.2) is 34.3 Å². The van der Waals surface area contributed by atoms with Crippen LogP contribution < -0.4 is 5.84 Å². The number of carbonyl (C=O) groups is 1. The zero-order valence-corrected chi connectivity index (χ0v) is 8.36. The molecule has 78 valence electrons. The fourth-order valence-electron chi connectivity index (χ4n) is 0.853. The molecule has 8 heteroatoms. The highest BCUT2D eigenvalue weighted by Crippen LogP contribution is 2.09. The molecule has 1 saturated heterocycles. The van der Waals surface area contributed by atoms with E-state index in [1.165, 1.54) is 5.06 Å². The summed E-state index contributed by atoms with van der Waals surface area (Å²) in [5.41, 5.74) is 0. The lowest BCUT2D eigenvalue weighted by Gasteiger charge is -2.31. The quantitative estimate of drug-likeness (QED) is 0.238. The van der Waals surface area contributed by atoms with Gasteiger partial charge in [0.15, 0.2) is 6.34 Å². The number of carbonyl (C=O) groups excluding carboxylic acids is 1. The molecular weight excluding hydrogens is 208 g/mol. The van der Waals surface area contributed by atoms with Crippen molar-refractivity contribution in [2.24, 2.45) is 10.9 Å². The second kappa shape index (κ2) is 4.61. The van der Waals surface area contributed by atoms with Gasteiger partial charge in [-0.25, -0.2) is 0 Å². The van der Waals surface area contributed by atoms with Gasteiger partial charge in [-0.3, -0.25) is 4.84 Å². The van der Waals surface area contributed by atoms with Gasteiger partial charge in [0.05, 0.1) is 6.54 Å². The van der Waals surface area contributed by atoms with Crippen LogP contribution in [0.2, 0.25) is 0 Å². The Balaban J connectivity index is 2.70. The number of hydroxylamine groups is 4. The van der Waals surface area contributed by atoms with Crippen LogP contribution >= 0.6 is 12.2 Å². The lowest BCUT2D eigenvalue weighted by molar-refractivity contribution is -0.158. The van der Waals surface area contributed by atoms with Crippen LogP contribution in [0.4, 0.5) is 4.79 Å². The number of nitrogens with zero attached hydrogens (tertiary/aromatic N) is 3. The molecule has 7 nitrogen and oxygen atoms in total. The van der Waals surface area contributed by atoms with Crippen LogP contribution in [0.15, 0.2) is 5.10 Å². The van der Waals surface area contributed by atoms with Crippen LogP contribution in [0, 0.1) is 0 Å². The summed E-state index contributed by atoms with van der Waals surface area (Å²) in [4.78, 5) is 20.2. The molecule has 1 rings (SSSR count). The minimum atomic E-state index is -0.869. The predicted octanol–water partition coefficient (Wildman–Crippen LogP) is 0.184. The Bertz CT molecular complexity index is 270. The fraction of sp³-hybridized carbons (Fsp3) is 0.500. The van der Waals surface area contributed by atoms with Gasteiger partial charge < -0.3 is 10.7 Å². The molecule has 1 heterocycles. The maximum Gasteiger partial charge on any atom is 0.559 e. The van der Waals surface area contributed by atoms with Crippen LogP contribution in [0.5, 0.6) is 0 Å². The highest BCUT2D eigenvalue weighted by Gasteiger charge is 2.29. The number of hydrogen-bond acceptors (Lipinski definition) is 6. The standard InChI is InChI=1S/C6H10N4O3S/c1-2-3-9-5(14)10(4-8-7)13-6(11)12-9/h4H,2-3,7H2,1H3/b8-4+. The Hall–Kier alpha value is -1.57. The van der Waals surface area contributed by atoms with Gasteiger partial charge in [0.25, 0.3) is 0 Å². The van der Waals surface area contributed by atoms with Crippen molar-refractivity contribution in [2.45, 2.75) is 13.3 Å². The highest BCUT2D eigenvalue weighted by atomic mass is 32.1. The fourth-order valence-corrected chi connectivity index (χ4v) is 1.07. The third-order valence-electron chi connectivity index (χ3n) is 1.36. The number of hydrazone groups is 1. The minimum Gasteiger partial charge on any atom is -0.322 e. The molecule has 0 amide bonds. The summed E-state index contributed by atoms with van der Waals surface area (Å²) in [6.07, 6.45) is 0.999. The Morgan fingerprint density at radius 1 is 1.64 bits per heavy atom. The van der Waals surface area contributed by atoms with Gasteiger partial charge in [-0.15, -0.1) is 5.06 Å². The van der Waals surface area contributed by atoms with Gasteiger partial charge in [0, 0.05) is 0 Å². The summed E-state index contributed by atoms with van der Waals surface area (Å²) < 4.78 is 0. The number of nitrogens with two attached hydrogens (primary N) is 1. The minimum absolute atomic E-state index is 0.181. The maximum absolute atomic E-state index is 10.9. The third kappa shape index (κ3) is 2.22. The first kappa shape index (κ1) is 10.5. The molecule has 1 aliphatic rings. The van der Waals surface area contributed by atoms with E-state index >= 15 is 0 Å². The van der Waals surface area contributed by atoms with Gasteiger partial charge in [0.2, 0.25) is 5.11 Å². The Kier molecular flexibility index (Phi) is 3.46. The van der Waals surface area contributed by atoms with E-state index in [0.29, 0.717) is 6.54 Å². The van der Waals surface area contributed by atoms with Crippen molar-refractivity contribution in [3.63, 3.8) is 0 Å². The van der Waals surface area contributed by atoms with Crippen molar-refractivity contribution in [3.8, 4) is 0 Å². The molecule has 0 spiro atoms. The molecule has 0 aromatic rings. The van der Waals surface area contributed by atoms with Crippen LogP contribution in [0.3, 0.4) is 0 Å². The average molecular weight is 218 g/mol. The molecule has 0 saturated carbocycles. The smallest absolute Gasteiger partial charge is 0.322 e. The van der Waals surface area contributed by atoms with E-state index in [4.69, 9.17) is 22.9 Å². The van der Waals surface area contributed by atoms with Crippen molar-refractivity contribution >= 4 is 29.8 Å². The summed E-state index contributed by atoms with van der Waals surface area (Å²) in [6.45, 7) is 2.41. The molecule has 0 aromatic heterocycles. The predicted molar refractivity (Wildman–Crippen MR) is 51.7 cm³/mol. The third-order valence-corrected chi connectivity index (χ3v) is 1.74. The van der Waals surface area contributed by atoms with E-state index in [1.54, 1.807) is 0 Å². The van der Waals surface area contributed by atoms with Crippen molar-refractivity contribution in [1.29, 1.82) is 0 Å². The summed E-state index contributed by atoms with van der Waals surface area (Å²) >= 11 is 4.94. The van der Waals surface area contributed by atoms with Gasteiger partial charge in [-0.2, -0.15) is 15.0 Å². The molecule has 0 bridgehead atoms. The molecule has 0 atom stereocenters. The van der Waals surface area contributed by atoms with E-state index in [9.17, 15) is 4.79 Å². The zero-order valence-electron chi connectivity index (χ0n) is 7.54. The molecule has 14 heavy (non-hydrogen) atoms. The van der Waals surface area contributed by atoms with Crippen LogP contribution in [0.1, 0.15) is 13.3 Å². The summed E-state index contributed by atoms with van der Waals surface area (Å²) in [5, 5.41) is 5.58. The van der Waals surface area contributed by atoms with Crippen molar-refractivity contribution in [2.75, 3.05) is 6.54 Å². The van der Waals surface area contributed by atoms with Crippen LogP contribution in [-0.2, 0) is 9.68 Å². The van der Waals surface area contributed by atoms with Gasteiger partial charge in [-0.05, 0) is 18.6 Å². The van der Waals surface area contributed by atoms with Crippen molar-refractivity contribution in [3.05, 3.63) is 0 Å². The van der Waals surface area contributed by atoms with E-state index in [1.807, 2.05) is 6.92 Å². The van der Waals surface area contributed by atoms with Gasteiger partial charge in [-0.1, -0.05) is 6.92 Å². The molecule has 0 radical (unpaired) electrons. The SMILES string of the molecule is CCCN1OC(=O)ON(/C=N/N)C1=S. The maximum atomic E-state index is 10.9. The lowest BCUT2D eigenvalue weighted by atomic mass is 10.5. The molecular formula is C6H10N4O3S. The van der Waals surface area contributed by atoms with E-state index in [0.717, 1.165) is 17.8 Å². The molecule has 0 unspecified atom stereocenters. The average Bonchev–Trinajstić information content (AvgIpc) is 2.14. The Morgan fingerprint density at radius 2 is 2.36 bits per heavy atom. The lowest BCUT2D eigenvalue weighted by Crippen LogP contribution is -2.50. The molecule has 1 fully saturated rings. The second-order valence-electron chi connectivity index (χ2n) is 2.41. The number of hydrogen-bond donors (Lipinski definition) is 1. The largest absolute Gasteiger partial charge is 0.559 e. The Morgan fingerprint density at radius 3 is 2.93 bits per heavy atom. The second-order valence-corrected chi connectivity index (χ2v) is 2.77. The first-order valence-corrected chi connectivity index (χ1v) is 4.34. The number of rotatable bonds is 3. The summed E-state index contributed by atoms with van der Waals surface area (Å²) in [7, 11) is 0. The van der Waals surface area contributed by atoms with Gasteiger partial charge >= 0.3 is 6.16 Å². The first-order valence-electron chi connectivity index (χ1n) is 3.93. The van der Waals surface area contributed by atoms with Crippen molar-refractivity contribution in [1.82, 2.24) is 10.1 Å². The molecule has 2 N–H and O–H groups in total. The van der Waals surface area contributed by atoms with E-state index in [2.05, 4.69) is 9.94 Å². The Labute approximate surface area is 85.9 Å². The summed E-state index contributed by atoms with van der Waals surface area (Å²) in [5.74, 6) is 4.90. The van der Waals surface area contributed by atoms with Crippen molar-refractivity contribution < 1.29 is 14.5 Å². The van der Waals surface area contributed by atoms with E-state index < -0.39 is 6.16 Å². The summed E-state index contributed by atoms with van der Waals surface area (Å²) in [6, 6.07) is 0. The highest BCUT2D eigenvalue weighted by molar-refractivity contribution is 7.80. The molecule has 1 aliphatic heterocycles. The topological polar surface area (TPSA) is 80.4 Å². The van der Waals surface area contributed by atoms with Crippen LogP contribution in [0.25, 0.3) is 0 Å². The molecule has 0 aromatic carbocycles. The number of thiocarbonyl (C=S) groups is 1. The van der Waals surface area contributed by atoms with E-state index in [-0.39, 0.29) is 5.11 Å². The normalized spacial score (nSPS) is 17.2.